The summed E-state index contributed by atoms with van der Waals surface area (Å²) in [7, 11) is 1.80. The van der Waals surface area contributed by atoms with E-state index in [1.54, 1.807) is 31.1 Å². The Labute approximate surface area is 163 Å². The summed E-state index contributed by atoms with van der Waals surface area (Å²) < 4.78 is 16.3. The number of allylic oxidation sites excluding steroid dienone is 1. The molecule has 6 heteroatoms. The van der Waals surface area contributed by atoms with Crippen molar-refractivity contribution in [1.29, 1.82) is 0 Å². The molecule has 0 spiro atoms. The average Bonchev–Trinajstić information content (AvgIpc) is 2.92. The summed E-state index contributed by atoms with van der Waals surface area (Å²) in [6.45, 7) is 4.63. The Morgan fingerprint density at radius 3 is 2.67 bits per heavy atom. The molecule has 4 nitrogen and oxygen atoms in total. The van der Waals surface area contributed by atoms with Crippen LogP contribution in [0.25, 0.3) is 11.0 Å². The second-order valence-electron chi connectivity index (χ2n) is 6.53. The van der Waals surface area contributed by atoms with E-state index in [1.807, 2.05) is 18.4 Å². The standard InChI is InChI=1S/C21H25FN4S/c1-14-19(11-16-5-7-18(27-4)8-6-16)21-20(12-24-15(2)25-21)26(14)13-17(22)9-10-23-3/h5-9,12,23H,10-11,13H2,1-4H3/b17-9-. The normalized spacial score (nSPS) is 12.1. The highest BCUT2D eigenvalue weighted by molar-refractivity contribution is 7.98. The molecule has 1 N–H and O–H groups in total. The lowest BCUT2D eigenvalue weighted by atomic mass is 10.0. The molecular weight excluding hydrogens is 359 g/mol. The van der Waals surface area contributed by atoms with Crippen LogP contribution < -0.4 is 5.32 Å². The van der Waals surface area contributed by atoms with Crippen LogP contribution in [0.5, 0.6) is 0 Å². The molecule has 2 heterocycles. The van der Waals surface area contributed by atoms with E-state index in [0.29, 0.717) is 6.54 Å². The molecule has 0 saturated carbocycles. The van der Waals surface area contributed by atoms with Crippen LogP contribution in [-0.4, -0.2) is 34.4 Å². The Morgan fingerprint density at radius 2 is 2.00 bits per heavy atom. The van der Waals surface area contributed by atoms with Crippen LogP contribution >= 0.6 is 11.8 Å². The molecule has 0 aliphatic carbocycles. The van der Waals surface area contributed by atoms with E-state index in [2.05, 4.69) is 45.8 Å². The lowest BCUT2D eigenvalue weighted by molar-refractivity contribution is 0.552. The average molecular weight is 385 g/mol. The van der Waals surface area contributed by atoms with Crippen LogP contribution in [0.15, 0.2) is 47.3 Å². The van der Waals surface area contributed by atoms with Crippen molar-refractivity contribution in [2.24, 2.45) is 0 Å². The smallest absolute Gasteiger partial charge is 0.126 e. The van der Waals surface area contributed by atoms with Gasteiger partial charge in [-0.25, -0.2) is 14.4 Å². The number of fused-ring (bicyclic) bond motifs is 1. The third-order valence-electron chi connectivity index (χ3n) is 4.68. The van der Waals surface area contributed by atoms with Gasteiger partial charge >= 0.3 is 0 Å². The van der Waals surface area contributed by atoms with Gasteiger partial charge in [0.2, 0.25) is 0 Å². The quantitative estimate of drug-likeness (QED) is 0.612. The number of nitrogens with zero attached hydrogens (tertiary/aromatic N) is 3. The Bertz CT molecular complexity index is 960. The minimum absolute atomic E-state index is 0.166. The van der Waals surface area contributed by atoms with Gasteiger partial charge in [0, 0.05) is 29.1 Å². The van der Waals surface area contributed by atoms with Gasteiger partial charge in [-0.1, -0.05) is 12.1 Å². The highest BCUT2D eigenvalue weighted by atomic mass is 32.2. The van der Waals surface area contributed by atoms with E-state index in [1.165, 1.54) is 10.5 Å². The molecule has 2 aromatic heterocycles. The number of aromatic nitrogens is 3. The molecule has 1 aromatic carbocycles. The van der Waals surface area contributed by atoms with Crippen molar-refractivity contribution in [3.05, 3.63) is 65.0 Å². The maximum Gasteiger partial charge on any atom is 0.126 e. The van der Waals surface area contributed by atoms with Crippen LogP contribution in [0, 0.1) is 13.8 Å². The second-order valence-corrected chi connectivity index (χ2v) is 7.41. The summed E-state index contributed by atoms with van der Waals surface area (Å²) in [6.07, 6.45) is 6.21. The van der Waals surface area contributed by atoms with Crippen molar-refractivity contribution in [1.82, 2.24) is 19.9 Å². The molecule has 0 unspecified atom stereocenters. The SMILES string of the molecule is CNC/C=C(\F)Cn1c(C)c(Cc2ccc(SC)cc2)c2nc(C)ncc21. The van der Waals surface area contributed by atoms with E-state index in [4.69, 9.17) is 0 Å². The number of thioether (sulfide) groups is 1. The summed E-state index contributed by atoms with van der Waals surface area (Å²) in [5.74, 6) is 0.561. The molecule has 0 bridgehead atoms. The molecule has 0 aliphatic heterocycles. The van der Waals surface area contributed by atoms with Crippen molar-refractivity contribution >= 4 is 22.8 Å². The number of halogens is 1. The van der Waals surface area contributed by atoms with E-state index in [-0.39, 0.29) is 12.4 Å². The van der Waals surface area contributed by atoms with Gasteiger partial charge in [-0.3, -0.25) is 0 Å². The highest BCUT2D eigenvalue weighted by Gasteiger charge is 2.17. The fraction of sp³-hybridized carbons (Fsp3) is 0.333. The molecule has 27 heavy (non-hydrogen) atoms. The van der Waals surface area contributed by atoms with E-state index in [9.17, 15) is 4.39 Å². The number of nitrogens with one attached hydrogen (secondary N) is 1. The fourth-order valence-electron chi connectivity index (χ4n) is 3.19. The number of rotatable bonds is 7. The number of hydrogen-bond acceptors (Lipinski definition) is 4. The summed E-state index contributed by atoms with van der Waals surface area (Å²) in [5, 5.41) is 2.94. The van der Waals surface area contributed by atoms with Crippen molar-refractivity contribution in [3.63, 3.8) is 0 Å². The van der Waals surface area contributed by atoms with Gasteiger partial charge < -0.3 is 9.88 Å². The zero-order chi connectivity index (χ0) is 19.4. The summed E-state index contributed by atoms with van der Waals surface area (Å²) in [6, 6.07) is 8.57. The summed E-state index contributed by atoms with van der Waals surface area (Å²) in [4.78, 5) is 10.2. The lowest BCUT2D eigenvalue weighted by Crippen LogP contribution is -2.07. The predicted octanol–water partition coefficient (Wildman–Crippen LogP) is 4.43. The minimum atomic E-state index is -0.166. The number of hydrogen-bond donors (Lipinski definition) is 1. The van der Waals surface area contributed by atoms with Gasteiger partial charge in [-0.2, -0.15) is 0 Å². The van der Waals surface area contributed by atoms with Crippen LogP contribution in [0.2, 0.25) is 0 Å². The topological polar surface area (TPSA) is 42.7 Å². The van der Waals surface area contributed by atoms with Gasteiger partial charge in [-0.05, 0) is 50.9 Å². The Kier molecular flexibility index (Phi) is 6.29. The van der Waals surface area contributed by atoms with Crippen molar-refractivity contribution < 1.29 is 4.39 Å². The predicted molar refractivity (Wildman–Crippen MR) is 111 cm³/mol. The molecule has 3 aromatic rings. The lowest BCUT2D eigenvalue weighted by Gasteiger charge is -2.08. The van der Waals surface area contributed by atoms with E-state index in [0.717, 1.165) is 34.5 Å². The molecule has 142 valence electrons. The highest BCUT2D eigenvalue weighted by Crippen LogP contribution is 2.28. The molecular formula is C21H25FN4S. The first-order valence-corrected chi connectivity index (χ1v) is 10.2. The molecule has 0 radical (unpaired) electrons. The Morgan fingerprint density at radius 1 is 1.26 bits per heavy atom. The summed E-state index contributed by atoms with van der Waals surface area (Å²) in [5.41, 5.74) is 5.18. The number of aryl methyl sites for hydroxylation is 1. The van der Waals surface area contributed by atoms with Crippen LogP contribution in [-0.2, 0) is 13.0 Å². The van der Waals surface area contributed by atoms with Gasteiger partial charge in [-0.15, -0.1) is 11.8 Å². The van der Waals surface area contributed by atoms with Gasteiger partial charge in [0.15, 0.2) is 0 Å². The van der Waals surface area contributed by atoms with Gasteiger partial charge in [0.1, 0.15) is 11.7 Å². The van der Waals surface area contributed by atoms with Crippen molar-refractivity contribution in [2.45, 2.75) is 31.7 Å². The summed E-state index contributed by atoms with van der Waals surface area (Å²) >= 11 is 1.73. The van der Waals surface area contributed by atoms with Gasteiger partial charge in [0.25, 0.3) is 0 Å². The first kappa shape index (κ1) is 19.6. The second kappa shape index (κ2) is 8.67. The molecule has 0 saturated heterocycles. The maximum absolute atomic E-state index is 14.3. The molecule has 3 rings (SSSR count). The number of likely N-dealkylation sites (N-methyl/N-ethyl adjacent to an activating group) is 1. The van der Waals surface area contributed by atoms with Gasteiger partial charge in [0.05, 0.1) is 23.8 Å². The van der Waals surface area contributed by atoms with Crippen molar-refractivity contribution in [3.8, 4) is 0 Å². The molecule has 0 atom stereocenters. The molecule has 0 fully saturated rings. The van der Waals surface area contributed by atoms with Crippen molar-refractivity contribution in [2.75, 3.05) is 19.8 Å². The Balaban J connectivity index is 2.03. The third-order valence-corrected chi connectivity index (χ3v) is 5.43. The minimum Gasteiger partial charge on any atom is -0.335 e. The van der Waals surface area contributed by atoms with Crippen LogP contribution in [0.3, 0.4) is 0 Å². The van der Waals surface area contributed by atoms with E-state index < -0.39 is 0 Å². The fourth-order valence-corrected chi connectivity index (χ4v) is 3.60. The number of benzene rings is 1. The monoisotopic (exact) mass is 384 g/mol. The zero-order valence-corrected chi connectivity index (χ0v) is 17.0. The molecule has 0 amide bonds. The van der Waals surface area contributed by atoms with Crippen LogP contribution in [0.1, 0.15) is 22.6 Å². The largest absolute Gasteiger partial charge is 0.335 e. The molecule has 0 aliphatic rings. The third kappa shape index (κ3) is 4.39. The zero-order valence-electron chi connectivity index (χ0n) is 16.2. The van der Waals surface area contributed by atoms with Crippen LogP contribution in [0.4, 0.5) is 4.39 Å². The Hall–Kier alpha value is -2.18. The first-order chi connectivity index (χ1) is 13.0. The maximum atomic E-state index is 14.3. The first-order valence-electron chi connectivity index (χ1n) is 8.96. The van der Waals surface area contributed by atoms with E-state index >= 15 is 0 Å².